The van der Waals surface area contributed by atoms with Crippen molar-refractivity contribution in [2.24, 2.45) is 0 Å². The van der Waals surface area contributed by atoms with Gasteiger partial charge in [-0.2, -0.15) is 0 Å². The number of hydrogen-bond donors (Lipinski definition) is 1. The Bertz CT molecular complexity index is 676. The molecule has 1 aromatic heterocycles. The van der Waals surface area contributed by atoms with E-state index in [1.165, 1.54) is 21.7 Å². The maximum Gasteiger partial charge on any atom is 0.123 e. The van der Waals surface area contributed by atoms with Crippen LogP contribution in [0.4, 0.5) is 0 Å². The lowest BCUT2D eigenvalue weighted by Gasteiger charge is -2.16. The Morgan fingerprint density at radius 1 is 1.32 bits per heavy atom. The Hall–Kier alpha value is -1.39. The normalized spacial score (nSPS) is 15.6. The summed E-state index contributed by atoms with van der Waals surface area (Å²) < 4.78 is 5.92. The van der Waals surface area contributed by atoms with Gasteiger partial charge in [-0.15, -0.1) is 11.3 Å². The van der Waals surface area contributed by atoms with E-state index in [1.54, 1.807) is 0 Å². The van der Waals surface area contributed by atoms with E-state index in [4.69, 9.17) is 4.74 Å². The van der Waals surface area contributed by atoms with E-state index in [-0.39, 0.29) is 5.60 Å². The summed E-state index contributed by atoms with van der Waals surface area (Å²) in [5, 5.41) is 4.70. The van der Waals surface area contributed by atoms with Gasteiger partial charge in [0.15, 0.2) is 0 Å². The minimum atomic E-state index is -0.0596. The van der Waals surface area contributed by atoms with Crippen LogP contribution in [0.15, 0.2) is 18.2 Å². The van der Waals surface area contributed by atoms with Crippen molar-refractivity contribution in [3.05, 3.63) is 44.9 Å². The summed E-state index contributed by atoms with van der Waals surface area (Å²) in [7, 11) is 0. The van der Waals surface area contributed by atoms with Crippen molar-refractivity contribution in [1.29, 1.82) is 0 Å². The Kier molecular flexibility index (Phi) is 4.24. The smallest absolute Gasteiger partial charge is 0.123 e. The molecule has 118 valence electrons. The minimum absolute atomic E-state index is 0.0596. The molecule has 1 N–H and O–H groups in total. The van der Waals surface area contributed by atoms with Crippen LogP contribution in [0.3, 0.4) is 0 Å². The molecule has 0 spiro atoms. The Balaban J connectivity index is 1.52. The number of fused-ring (bicyclic) bond motifs is 1. The van der Waals surface area contributed by atoms with Crippen LogP contribution in [0.2, 0.25) is 0 Å². The molecular formula is C18H24N2OS. The summed E-state index contributed by atoms with van der Waals surface area (Å²) >= 11 is 1.81. The second kappa shape index (κ2) is 6.01. The summed E-state index contributed by atoms with van der Waals surface area (Å²) in [6.07, 6.45) is 2.05. The molecule has 1 aromatic carbocycles. The van der Waals surface area contributed by atoms with Crippen molar-refractivity contribution < 1.29 is 4.74 Å². The van der Waals surface area contributed by atoms with Gasteiger partial charge in [-0.1, -0.05) is 12.1 Å². The van der Waals surface area contributed by atoms with Crippen LogP contribution >= 0.6 is 11.3 Å². The van der Waals surface area contributed by atoms with Gasteiger partial charge in [0.2, 0.25) is 0 Å². The third-order valence-corrected chi connectivity index (χ3v) is 5.12. The van der Waals surface area contributed by atoms with Crippen LogP contribution in [-0.2, 0) is 19.4 Å². The fraction of sp³-hybridized carbons (Fsp3) is 0.500. The predicted molar refractivity (Wildman–Crippen MR) is 91.9 cm³/mol. The average Bonchev–Trinajstić information content (AvgIpc) is 2.91. The number of rotatable bonds is 5. The van der Waals surface area contributed by atoms with E-state index in [2.05, 4.69) is 56.2 Å². The van der Waals surface area contributed by atoms with Crippen molar-refractivity contribution in [3.63, 3.8) is 0 Å². The molecule has 4 heteroatoms. The number of hydrogen-bond acceptors (Lipinski definition) is 4. The molecule has 2 aromatic rings. The number of aromatic nitrogens is 1. The molecule has 3 rings (SSSR count). The van der Waals surface area contributed by atoms with Gasteiger partial charge in [0.1, 0.15) is 11.4 Å². The zero-order valence-corrected chi connectivity index (χ0v) is 14.6. The largest absolute Gasteiger partial charge is 0.487 e. The third kappa shape index (κ3) is 3.50. The Morgan fingerprint density at radius 2 is 2.14 bits per heavy atom. The first kappa shape index (κ1) is 15.5. The average molecular weight is 316 g/mol. The second-order valence-corrected chi connectivity index (χ2v) is 7.94. The van der Waals surface area contributed by atoms with Crippen LogP contribution in [0, 0.1) is 13.8 Å². The van der Waals surface area contributed by atoms with E-state index in [0.717, 1.165) is 36.7 Å². The van der Waals surface area contributed by atoms with Gasteiger partial charge >= 0.3 is 0 Å². The highest BCUT2D eigenvalue weighted by molar-refractivity contribution is 7.11. The third-order valence-electron chi connectivity index (χ3n) is 3.98. The van der Waals surface area contributed by atoms with Crippen molar-refractivity contribution in [2.45, 2.75) is 52.7 Å². The van der Waals surface area contributed by atoms with E-state index in [0.29, 0.717) is 0 Å². The first-order chi connectivity index (χ1) is 10.4. The van der Waals surface area contributed by atoms with Gasteiger partial charge in [-0.3, -0.25) is 0 Å². The fourth-order valence-corrected chi connectivity index (χ4v) is 3.95. The Labute approximate surface area is 136 Å². The van der Waals surface area contributed by atoms with Crippen molar-refractivity contribution >= 4 is 11.3 Å². The molecule has 3 nitrogen and oxygen atoms in total. The highest BCUT2D eigenvalue weighted by Gasteiger charge is 2.29. The van der Waals surface area contributed by atoms with E-state index in [9.17, 15) is 0 Å². The number of aryl methyl sites for hydroxylation is 2. The molecule has 1 aliphatic rings. The first-order valence-electron chi connectivity index (χ1n) is 7.87. The summed E-state index contributed by atoms with van der Waals surface area (Å²) in [5.74, 6) is 1.05. The second-order valence-electron chi connectivity index (χ2n) is 6.65. The van der Waals surface area contributed by atoms with Crippen molar-refractivity contribution in [3.8, 4) is 5.75 Å². The molecule has 1 aliphatic heterocycles. The lowest BCUT2D eigenvalue weighted by molar-refractivity contribution is 0.138. The highest BCUT2D eigenvalue weighted by atomic mass is 32.1. The molecule has 0 saturated carbocycles. The minimum Gasteiger partial charge on any atom is -0.487 e. The number of nitrogens with one attached hydrogen (secondary N) is 1. The van der Waals surface area contributed by atoms with Gasteiger partial charge in [-0.25, -0.2) is 4.98 Å². The summed E-state index contributed by atoms with van der Waals surface area (Å²) in [6, 6.07) is 6.55. The maximum absolute atomic E-state index is 5.92. The summed E-state index contributed by atoms with van der Waals surface area (Å²) in [4.78, 5) is 5.88. The molecular weight excluding hydrogens is 292 g/mol. The molecule has 0 bridgehead atoms. The predicted octanol–water partition coefficient (Wildman–Crippen LogP) is 3.81. The molecule has 0 atom stereocenters. The molecule has 22 heavy (non-hydrogen) atoms. The zero-order valence-electron chi connectivity index (χ0n) is 13.8. The summed E-state index contributed by atoms with van der Waals surface area (Å²) in [5.41, 5.74) is 3.78. The summed E-state index contributed by atoms with van der Waals surface area (Å²) in [6.45, 7) is 10.4. The first-order valence-corrected chi connectivity index (χ1v) is 8.69. The van der Waals surface area contributed by atoms with E-state index < -0.39 is 0 Å². The van der Waals surface area contributed by atoms with Crippen LogP contribution in [-0.4, -0.2) is 17.1 Å². The number of benzene rings is 1. The van der Waals surface area contributed by atoms with Crippen LogP contribution in [0.1, 0.15) is 40.6 Å². The standard InChI is InChI=1S/C18H24N2OS/c1-12-17(22-13(2)20-12)7-8-19-11-14-5-6-16-15(9-14)10-18(3,4)21-16/h5-6,9,19H,7-8,10-11H2,1-4H3. The van der Waals surface area contributed by atoms with Gasteiger partial charge in [0.25, 0.3) is 0 Å². The molecule has 0 fully saturated rings. The Morgan fingerprint density at radius 3 is 2.86 bits per heavy atom. The van der Waals surface area contributed by atoms with E-state index >= 15 is 0 Å². The molecule has 0 aliphatic carbocycles. The quantitative estimate of drug-likeness (QED) is 0.852. The van der Waals surface area contributed by atoms with Gasteiger partial charge in [-0.05, 0) is 51.3 Å². The molecule has 0 radical (unpaired) electrons. The molecule has 2 heterocycles. The van der Waals surface area contributed by atoms with Gasteiger partial charge in [0.05, 0.1) is 10.7 Å². The van der Waals surface area contributed by atoms with Gasteiger partial charge in [0, 0.05) is 24.4 Å². The van der Waals surface area contributed by atoms with Crippen molar-refractivity contribution in [2.75, 3.05) is 6.54 Å². The number of nitrogens with zero attached hydrogens (tertiary/aromatic N) is 1. The molecule has 0 unspecified atom stereocenters. The topological polar surface area (TPSA) is 34.2 Å². The van der Waals surface area contributed by atoms with Gasteiger partial charge < -0.3 is 10.1 Å². The maximum atomic E-state index is 5.92. The SMILES string of the molecule is Cc1nc(C)c(CCNCc2ccc3c(c2)CC(C)(C)O3)s1. The highest BCUT2D eigenvalue weighted by Crippen LogP contribution is 2.35. The van der Waals surface area contributed by atoms with Crippen molar-refractivity contribution in [1.82, 2.24) is 10.3 Å². The van der Waals surface area contributed by atoms with Crippen LogP contribution in [0.25, 0.3) is 0 Å². The lowest BCUT2D eigenvalue weighted by atomic mass is 10.0. The van der Waals surface area contributed by atoms with E-state index in [1.807, 2.05) is 11.3 Å². The zero-order chi connectivity index (χ0) is 15.7. The fourth-order valence-electron chi connectivity index (χ4n) is 3.01. The molecule has 0 saturated heterocycles. The van der Waals surface area contributed by atoms with Crippen LogP contribution < -0.4 is 10.1 Å². The van der Waals surface area contributed by atoms with Crippen LogP contribution in [0.5, 0.6) is 5.75 Å². The molecule has 0 amide bonds. The number of thiazole rings is 1. The number of ether oxygens (including phenoxy) is 1. The monoisotopic (exact) mass is 316 g/mol. The lowest BCUT2D eigenvalue weighted by Crippen LogP contribution is -2.24.